The van der Waals surface area contributed by atoms with Gasteiger partial charge in [-0.2, -0.15) is 0 Å². The molecule has 0 aliphatic carbocycles. The van der Waals surface area contributed by atoms with Gasteiger partial charge in [0.2, 0.25) is 5.91 Å². The van der Waals surface area contributed by atoms with Crippen molar-refractivity contribution < 1.29 is 4.79 Å². The fourth-order valence-electron chi connectivity index (χ4n) is 1.74. The standard InChI is InChI=1S/C10H18ClNO/c1-8(6-11)7-12-5-3-4-9(2)10(12)13/h8-9H,3-7H2,1-2H3. The van der Waals surface area contributed by atoms with Crippen molar-refractivity contribution >= 4 is 17.5 Å². The summed E-state index contributed by atoms with van der Waals surface area (Å²) >= 11 is 5.72. The molecule has 0 saturated carbocycles. The molecule has 1 aliphatic heterocycles. The summed E-state index contributed by atoms with van der Waals surface area (Å²) in [7, 11) is 0. The lowest BCUT2D eigenvalue weighted by Crippen LogP contribution is -2.42. The molecule has 2 unspecified atom stereocenters. The van der Waals surface area contributed by atoms with Crippen molar-refractivity contribution in [3.63, 3.8) is 0 Å². The topological polar surface area (TPSA) is 20.3 Å². The molecule has 0 bridgehead atoms. The van der Waals surface area contributed by atoms with E-state index in [0.29, 0.717) is 17.7 Å². The normalized spacial score (nSPS) is 26.2. The van der Waals surface area contributed by atoms with Crippen molar-refractivity contribution in [1.82, 2.24) is 4.90 Å². The molecule has 1 amide bonds. The first kappa shape index (κ1) is 10.8. The third kappa shape index (κ3) is 2.87. The second kappa shape index (κ2) is 4.85. The van der Waals surface area contributed by atoms with E-state index in [1.807, 2.05) is 11.8 Å². The highest BCUT2D eigenvalue weighted by atomic mass is 35.5. The van der Waals surface area contributed by atoms with Crippen LogP contribution in [0, 0.1) is 11.8 Å². The third-order valence-corrected chi connectivity index (χ3v) is 3.12. The van der Waals surface area contributed by atoms with Gasteiger partial charge in [-0.1, -0.05) is 13.8 Å². The Bertz CT molecular complexity index is 184. The van der Waals surface area contributed by atoms with Crippen LogP contribution in [0.1, 0.15) is 26.7 Å². The predicted molar refractivity (Wildman–Crippen MR) is 54.9 cm³/mol. The Kier molecular flexibility index (Phi) is 4.04. The fourth-order valence-corrected chi connectivity index (χ4v) is 1.84. The van der Waals surface area contributed by atoms with Crippen molar-refractivity contribution in [3.8, 4) is 0 Å². The van der Waals surface area contributed by atoms with Crippen LogP contribution >= 0.6 is 11.6 Å². The Morgan fingerprint density at radius 3 is 3.00 bits per heavy atom. The second-order valence-corrected chi connectivity index (χ2v) is 4.40. The SMILES string of the molecule is CC(CCl)CN1CCCC(C)C1=O. The van der Waals surface area contributed by atoms with Gasteiger partial charge in [0.1, 0.15) is 0 Å². The van der Waals surface area contributed by atoms with E-state index in [4.69, 9.17) is 11.6 Å². The van der Waals surface area contributed by atoms with Crippen LogP contribution in [0.15, 0.2) is 0 Å². The van der Waals surface area contributed by atoms with Gasteiger partial charge in [-0.15, -0.1) is 11.6 Å². The molecule has 1 saturated heterocycles. The second-order valence-electron chi connectivity index (χ2n) is 4.09. The number of carbonyl (C=O) groups is 1. The van der Waals surface area contributed by atoms with E-state index in [2.05, 4.69) is 6.92 Å². The van der Waals surface area contributed by atoms with Crippen LogP contribution in [-0.4, -0.2) is 29.8 Å². The molecule has 0 aromatic carbocycles. The Labute approximate surface area is 85.2 Å². The average Bonchev–Trinajstić information content (AvgIpc) is 2.13. The molecule has 0 aromatic rings. The van der Waals surface area contributed by atoms with Crippen molar-refractivity contribution in [2.24, 2.45) is 11.8 Å². The van der Waals surface area contributed by atoms with Crippen LogP contribution in [0.25, 0.3) is 0 Å². The molecule has 0 N–H and O–H groups in total. The summed E-state index contributed by atoms with van der Waals surface area (Å²) in [5, 5.41) is 0. The number of carbonyl (C=O) groups excluding carboxylic acids is 1. The molecule has 0 spiro atoms. The van der Waals surface area contributed by atoms with E-state index >= 15 is 0 Å². The van der Waals surface area contributed by atoms with E-state index in [1.165, 1.54) is 0 Å². The quantitative estimate of drug-likeness (QED) is 0.644. The first-order valence-corrected chi connectivity index (χ1v) is 5.53. The maximum absolute atomic E-state index is 11.7. The molecule has 13 heavy (non-hydrogen) atoms. The van der Waals surface area contributed by atoms with Crippen LogP contribution < -0.4 is 0 Å². The maximum Gasteiger partial charge on any atom is 0.225 e. The predicted octanol–water partition coefficient (Wildman–Crippen LogP) is 2.12. The molecule has 1 heterocycles. The van der Waals surface area contributed by atoms with Crippen molar-refractivity contribution in [3.05, 3.63) is 0 Å². The van der Waals surface area contributed by atoms with Gasteiger partial charge in [0.05, 0.1) is 0 Å². The van der Waals surface area contributed by atoms with Gasteiger partial charge in [-0.25, -0.2) is 0 Å². The molecule has 1 rings (SSSR count). The first-order valence-electron chi connectivity index (χ1n) is 5.00. The molecule has 76 valence electrons. The van der Waals surface area contributed by atoms with Crippen LogP contribution in [0.4, 0.5) is 0 Å². The van der Waals surface area contributed by atoms with Gasteiger partial charge >= 0.3 is 0 Å². The van der Waals surface area contributed by atoms with Crippen LogP contribution in [0.3, 0.4) is 0 Å². The van der Waals surface area contributed by atoms with E-state index in [-0.39, 0.29) is 5.92 Å². The summed E-state index contributed by atoms with van der Waals surface area (Å²) in [4.78, 5) is 13.6. The zero-order valence-corrected chi connectivity index (χ0v) is 9.18. The lowest BCUT2D eigenvalue weighted by Gasteiger charge is -2.32. The van der Waals surface area contributed by atoms with Gasteiger partial charge in [0.15, 0.2) is 0 Å². The smallest absolute Gasteiger partial charge is 0.225 e. The van der Waals surface area contributed by atoms with Gasteiger partial charge in [0.25, 0.3) is 0 Å². The van der Waals surface area contributed by atoms with Crippen LogP contribution in [0.5, 0.6) is 0 Å². The largest absolute Gasteiger partial charge is 0.342 e. The zero-order valence-electron chi connectivity index (χ0n) is 8.42. The number of alkyl halides is 1. The van der Waals surface area contributed by atoms with Crippen molar-refractivity contribution in [2.75, 3.05) is 19.0 Å². The Hall–Kier alpha value is -0.240. The highest BCUT2D eigenvalue weighted by molar-refractivity contribution is 6.18. The number of hydrogen-bond acceptors (Lipinski definition) is 1. The molecule has 3 heteroatoms. The minimum atomic E-state index is 0.219. The van der Waals surface area contributed by atoms with Crippen LogP contribution in [-0.2, 0) is 4.79 Å². The van der Waals surface area contributed by atoms with Crippen LogP contribution in [0.2, 0.25) is 0 Å². The minimum Gasteiger partial charge on any atom is -0.342 e. The molecule has 0 aromatic heterocycles. The highest BCUT2D eigenvalue weighted by Crippen LogP contribution is 2.18. The summed E-state index contributed by atoms with van der Waals surface area (Å²) in [6.45, 7) is 5.84. The summed E-state index contributed by atoms with van der Waals surface area (Å²) in [6, 6.07) is 0. The third-order valence-electron chi connectivity index (χ3n) is 2.59. The monoisotopic (exact) mass is 203 g/mol. The van der Waals surface area contributed by atoms with E-state index < -0.39 is 0 Å². The summed E-state index contributed by atoms with van der Waals surface area (Å²) in [5.74, 6) is 1.58. The number of halogens is 1. The maximum atomic E-state index is 11.7. The molecular weight excluding hydrogens is 186 g/mol. The fraction of sp³-hybridized carbons (Fsp3) is 0.900. The van der Waals surface area contributed by atoms with Gasteiger partial charge in [-0.05, 0) is 18.8 Å². The van der Waals surface area contributed by atoms with Gasteiger partial charge in [0, 0.05) is 24.9 Å². The lowest BCUT2D eigenvalue weighted by atomic mass is 9.98. The van der Waals surface area contributed by atoms with Crippen molar-refractivity contribution in [1.29, 1.82) is 0 Å². The average molecular weight is 204 g/mol. The number of likely N-dealkylation sites (tertiary alicyclic amines) is 1. The van der Waals surface area contributed by atoms with E-state index in [0.717, 1.165) is 25.9 Å². The highest BCUT2D eigenvalue weighted by Gasteiger charge is 2.25. The number of rotatable bonds is 3. The Morgan fingerprint density at radius 2 is 2.38 bits per heavy atom. The number of nitrogens with zero attached hydrogens (tertiary/aromatic N) is 1. The van der Waals surface area contributed by atoms with E-state index in [1.54, 1.807) is 0 Å². The van der Waals surface area contributed by atoms with Gasteiger partial charge < -0.3 is 4.90 Å². The Balaban J connectivity index is 2.44. The molecule has 1 aliphatic rings. The number of amides is 1. The molecule has 2 nitrogen and oxygen atoms in total. The summed E-state index contributed by atoms with van der Waals surface area (Å²) in [6.07, 6.45) is 2.19. The summed E-state index contributed by atoms with van der Waals surface area (Å²) < 4.78 is 0. The summed E-state index contributed by atoms with van der Waals surface area (Å²) in [5.41, 5.74) is 0. The molecular formula is C10H18ClNO. The van der Waals surface area contributed by atoms with Crippen molar-refractivity contribution in [2.45, 2.75) is 26.7 Å². The molecule has 2 atom stereocenters. The lowest BCUT2D eigenvalue weighted by molar-refractivity contribution is -0.138. The van der Waals surface area contributed by atoms with Gasteiger partial charge in [-0.3, -0.25) is 4.79 Å². The molecule has 1 fully saturated rings. The first-order chi connectivity index (χ1) is 6.15. The zero-order chi connectivity index (χ0) is 9.84. The minimum absolute atomic E-state index is 0.219. The number of hydrogen-bond donors (Lipinski definition) is 0. The Morgan fingerprint density at radius 1 is 1.69 bits per heavy atom. The molecule has 0 radical (unpaired) electrons. The van der Waals surface area contributed by atoms with E-state index in [9.17, 15) is 4.79 Å². The number of piperidine rings is 1.